The van der Waals surface area contributed by atoms with Crippen LogP contribution >= 0.6 is 0 Å². The third kappa shape index (κ3) is 3.14. The molecule has 0 unspecified atom stereocenters. The highest BCUT2D eigenvalue weighted by atomic mass is 16.1. The number of carbonyl (C=O) groups is 1. The lowest BCUT2D eigenvalue weighted by molar-refractivity contribution is -0.126. The molecule has 0 aliphatic rings. The van der Waals surface area contributed by atoms with E-state index in [2.05, 4.69) is 11.9 Å². The van der Waals surface area contributed by atoms with Crippen LogP contribution in [0.25, 0.3) is 0 Å². The molecule has 16 heavy (non-hydrogen) atoms. The molecule has 2 N–H and O–H groups in total. The lowest BCUT2D eigenvalue weighted by atomic mass is 9.86. The maximum atomic E-state index is 11.9. The van der Waals surface area contributed by atoms with Crippen molar-refractivity contribution in [2.75, 3.05) is 6.54 Å². The fourth-order valence-corrected chi connectivity index (χ4v) is 1.29. The Kier molecular flexibility index (Phi) is 4.19. The van der Waals surface area contributed by atoms with Crippen molar-refractivity contribution < 1.29 is 4.79 Å². The highest BCUT2D eigenvalue weighted by Crippen LogP contribution is 2.16. The van der Waals surface area contributed by atoms with Crippen molar-refractivity contribution in [2.24, 2.45) is 11.1 Å². The summed E-state index contributed by atoms with van der Waals surface area (Å²) in [7, 11) is 0. The van der Waals surface area contributed by atoms with Gasteiger partial charge in [0.1, 0.15) is 5.78 Å². The van der Waals surface area contributed by atoms with E-state index in [-0.39, 0.29) is 5.78 Å². The zero-order valence-corrected chi connectivity index (χ0v) is 10.3. The van der Waals surface area contributed by atoms with E-state index in [0.29, 0.717) is 13.0 Å². The van der Waals surface area contributed by atoms with Gasteiger partial charge in [0.2, 0.25) is 0 Å². The van der Waals surface area contributed by atoms with Crippen molar-refractivity contribution in [3.63, 3.8) is 0 Å². The van der Waals surface area contributed by atoms with Crippen LogP contribution in [-0.2, 0) is 17.6 Å². The summed E-state index contributed by atoms with van der Waals surface area (Å²) in [4.78, 5) is 16.2. The minimum Gasteiger partial charge on any atom is -0.329 e. The minimum atomic E-state index is -0.453. The number of hydrogen-bond acceptors (Lipinski definition) is 3. The van der Waals surface area contributed by atoms with Crippen molar-refractivity contribution in [1.29, 1.82) is 0 Å². The molecule has 0 aromatic carbocycles. The number of ketones is 1. The molecule has 88 valence electrons. The lowest BCUT2D eigenvalue weighted by Gasteiger charge is -2.20. The van der Waals surface area contributed by atoms with Crippen LogP contribution in [0.5, 0.6) is 0 Å². The van der Waals surface area contributed by atoms with Crippen LogP contribution in [0.3, 0.4) is 0 Å². The average Bonchev–Trinajstić information content (AvgIpc) is 2.30. The maximum absolute atomic E-state index is 11.9. The quantitative estimate of drug-likeness (QED) is 0.822. The van der Waals surface area contributed by atoms with Crippen LogP contribution in [0.4, 0.5) is 0 Å². The van der Waals surface area contributed by atoms with Gasteiger partial charge in [-0.1, -0.05) is 26.8 Å². The predicted octanol–water partition coefficient (Wildman–Crippen LogP) is 1.74. The average molecular weight is 220 g/mol. The SMILES string of the molecule is CCc1ccc(CC(=O)C(C)(C)CN)nc1. The lowest BCUT2D eigenvalue weighted by Crippen LogP contribution is -2.34. The van der Waals surface area contributed by atoms with Gasteiger partial charge in [-0.25, -0.2) is 0 Å². The summed E-state index contributed by atoms with van der Waals surface area (Å²) >= 11 is 0. The van der Waals surface area contributed by atoms with E-state index in [0.717, 1.165) is 12.1 Å². The normalized spacial score (nSPS) is 11.5. The molecule has 0 aliphatic heterocycles. The van der Waals surface area contributed by atoms with Crippen LogP contribution < -0.4 is 5.73 Å². The van der Waals surface area contributed by atoms with E-state index >= 15 is 0 Å². The van der Waals surface area contributed by atoms with Gasteiger partial charge in [0.25, 0.3) is 0 Å². The van der Waals surface area contributed by atoms with Crippen molar-refractivity contribution >= 4 is 5.78 Å². The van der Waals surface area contributed by atoms with E-state index in [4.69, 9.17) is 5.73 Å². The van der Waals surface area contributed by atoms with Gasteiger partial charge >= 0.3 is 0 Å². The summed E-state index contributed by atoms with van der Waals surface area (Å²) in [6.45, 7) is 6.20. The number of aromatic nitrogens is 1. The first-order valence-electron chi connectivity index (χ1n) is 5.66. The number of pyridine rings is 1. The Morgan fingerprint density at radius 2 is 2.12 bits per heavy atom. The van der Waals surface area contributed by atoms with E-state index < -0.39 is 5.41 Å². The first-order chi connectivity index (χ1) is 7.49. The van der Waals surface area contributed by atoms with Gasteiger partial charge in [-0.15, -0.1) is 0 Å². The first-order valence-corrected chi connectivity index (χ1v) is 5.66. The Morgan fingerprint density at radius 1 is 1.44 bits per heavy atom. The summed E-state index contributed by atoms with van der Waals surface area (Å²) in [6.07, 6.45) is 3.17. The van der Waals surface area contributed by atoms with E-state index in [1.165, 1.54) is 5.56 Å². The van der Waals surface area contributed by atoms with Crippen molar-refractivity contribution in [2.45, 2.75) is 33.6 Å². The van der Waals surface area contributed by atoms with Crippen LogP contribution in [0, 0.1) is 5.41 Å². The molecule has 1 aromatic rings. The molecule has 3 nitrogen and oxygen atoms in total. The third-order valence-electron chi connectivity index (χ3n) is 2.90. The van der Waals surface area contributed by atoms with Crippen molar-refractivity contribution in [1.82, 2.24) is 4.98 Å². The maximum Gasteiger partial charge on any atom is 0.145 e. The molecule has 0 fully saturated rings. The second kappa shape index (κ2) is 5.21. The molecular formula is C13H20N2O. The second-order valence-corrected chi connectivity index (χ2v) is 4.70. The van der Waals surface area contributed by atoms with Gasteiger partial charge in [-0.2, -0.15) is 0 Å². The number of aryl methyl sites for hydroxylation is 1. The minimum absolute atomic E-state index is 0.145. The smallest absolute Gasteiger partial charge is 0.145 e. The largest absolute Gasteiger partial charge is 0.329 e. The monoisotopic (exact) mass is 220 g/mol. The highest BCUT2D eigenvalue weighted by molar-refractivity contribution is 5.86. The first kappa shape index (κ1) is 12.8. The van der Waals surface area contributed by atoms with Gasteiger partial charge in [0.05, 0.1) is 0 Å². The zero-order valence-electron chi connectivity index (χ0n) is 10.3. The standard InChI is InChI=1S/C13H20N2O/c1-4-10-5-6-11(15-8-10)7-12(16)13(2,3)9-14/h5-6,8H,4,7,9,14H2,1-3H3. The second-order valence-electron chi connectivity index (χ2n) is 4.70. The summed E-state index contributed by atoms with van der Waals surface area (Å²) in [6, 6.07) is 3.94. The predicted molar refractivity (Wildman–Crippen MR) is 65.2 cm³/mol. The molecule has 0 saturated heterocycles. The molecule has 0 atom stereocenters. The third-order valence-corrected chi connectivity index (χ3v) is 2.90. The van der Waals surface area contributed by atoms with Crippen LogP contribution in [-0.4, -0.2) is 17.3 Å². The van der Waals surface area contributed by atoms with Crippen molar-refractivity contribution in [3.05, 3.63) is 29.6 Å². The highest BCUT2D eigenvalue weighted by Gasteiger charge is 2.25. The molecule has 0 aliphatic carbocycles. The fourth-order valence-electron chi connectivity index (χ4n) is 1.29. The summed E-state index contributed by atoms with van der Waals surface area (Å²) in [5.41, 5.74) is 7.12. The zero-order chi connectivity index (χ0) is 12.2. The Morgan fingerprint density at radius 3 is 2.56 bits per heavy atom. The molecule has 1 heterocycles. The van der Waals surface area contributed by atoms with Crippen LogP contribution in [0.2, 0.25) is 0 Å². The number of carbonyl (C=O) groups excluding carboxylic acids is 1. The van der Waals surface area contributed by atoms with Gasteiger partial charge in [0.15, 0.2) is 0 Å². The van der Waals surface area contributed by atoms with Crippen LogP contribution in [0.15, 0.2) is 18.3 Å². The Hall–Kier alpha value is -1.22. The molecule has 0 saturated carbocycles. The summed E-state index contributed by atoms with van der Waals surface area (Å²) < 4.78 is 0. The molecule has 1 aromatic heterocycles. The number of rotatable bonds is 5. The topological polar surface area (TPSA) is 56.0 Å². The number of hydrogen-bond donors (Lipinski definition) is 1. The summed E-state index contributed by atoms with van der Waals surface area (Å²) in [5, 5.41) is 0. The Bertz CT molecular complexity index is 355. The number of nitrogens with two attached hydrogens (primary N) is 1. The fraction of sp³-hybridized carbons (Fsp3) is 0.538. The molecule has 0 spiro atoms. The molecular weight excluding hydrogens is 200 g/mol. The number of Topliss-reactive ketones (excluding diaryl/α,β-unsaturated/α-hetero) is 1. The van der Waals surface area contributed by atoms with E-state index in [9.17, 15) is 4.79 Å². The number of nitrogens with zero attached hydrogens (tertiary/aromatic N) is 1. The summed E-state index contributed by atoms with van der Waals surface area (Å²) in [5.74, 6) is 0.145. The van der Waals surface area contributed by atoms with Crippen molar-refractivity contribution in [3.8, 4) is 0 Å². The Balaban J connectivity index is 2.70. The van der Waals surface area contributed by atoms with Gasteiger partial charge < -0.3 is 5.73 Å². The van der Waals surface area contributed by atoms with E-state index in [1.807, 2.05) is 32.2 Å². The van der Waals surface area contributed by atoms with Gasteiger partial charge in [-0.3, -0.25) is 9.78 Å². The molecule has 0 bridgehead atoms. The van der Waals surface area contributed by atoms with E-state index in [1.54, 1.807) is 0 Å². The molecule has 3 heteroatoms. The Labute approximate surface area is 97.1 Å². The molecule has 0 radical (unpaired) electrons. The molecule has 1 rings (SSSR count). The van der Waals surface area contributed by atoms with Crippen LogP contribution in [0.1, 0.15) is 32.0 Å². The molecule has 0 amide bonds. The van der Waals surface area contributed by atoms with Gasteiger partial charge in [0, 0.05) is 30.3 Å². The van der Waals surface area contributed by atoms with Gasteiger partial charge in [-0.05, 0) is 18.1 Å².